The van der Waals surface area contributed by atoms with Gasteiger partial charge in [-0.05, 0) is 55.9 Å². The first-order valence-corrected chi connectivity index (χ1v) is 17.8. The number of sulfonamides is 1. The molecule has 3 N–H and O–H groups in total. The SMILES string of the molecule is C=C[C@@H]1C[C@@]1(NC(=O)[C@@H]1C[C@@H](O/N=C/c2ccccc2)CN1C(=O)[C@@H](NC(=O)OC1CCCC1)C(C)(C)C)C(=O)NS(=O)(=O)C1CC1. The van der Waals surface area contributed by atoms with Crippen LogP contribution in [0.5, 0.6) is 0 Å². The summed E-state index contributed by atoms with van der Waals surface area (Å²) in [7, 11) is -3.87. The maximum absolute atomic E-state index is 14.2. The van der Waals surface area contributed by atoms with E-state index >= 15 is 0 Å². The third-order valence-corrected chi connectivity index (χ3v) is 11.1. The van der Waals surface area contributed by atoms with E-state index < -0.39 is 74.1 Å². The van der Waals surface area contributed by atoms with E-state index in [2.05, 4.69) is 27.1 Å². The van der Waals surface area contributed by atoms with Crippen LogP contribution in [0.15, 0.2) is 48.1 Å². The highest BCUT2D eigenvalue weighted by Crippen LogP contribution is 2.45. The van der Waals surface area contributed by atoms with Crippen LogP contribution in [0.3, 0.4) is 0 Å². The quantitative estimate of drug-likeness (QED) is 0.173. The van der Waals surface area contributed by atoms with Crippen LogP contribution in [-0.4, -0.2) is 85.0 Å². The molecule has 5 rings (SSSR count). The molecular formula is C33H45N5O8S. The summed E-state index contributed by atoms with van der Waals surface area (Å²) in [5, 5.41) is 8.96. The van der Waals surface area contributed by atoms with Crippen molar-refractivity contribution in [3.8, 4) is 0 Å². The molecule has 1 saturated heterocycles. The number of likely N-dealkylation sites (tertiary alicyclic amines) is 1. The number of ether oxygens (including phenoxy) is 1. The lowest BCUT2D eigenvalue weighted by atomic mass is 9.85. The lowest BCUT2D eigenvalue weighted by Gasteiger charge is -2.35. The summed E-state index contributed by atoms with van der Waals surface area (Å²) in [5.41, 5.74) is -1.49. The van der Waals surface area contributed by atoms with Crippen LogP contribution in [0, 0.1) is 11.3 Å². The van der Waals surface area contributed by atoms with Crippen molar-refractivity contribution in [2.24, 2.45) is 16.5 Å². The van der Waals surface area contributed by atoms with Gasteiger partial charge in [0.25, 0.3) is 5.91 Å². The normalized spacial score (nSPS) is 26.8. The molecule has 0 aromatic heterocycles. The lowest BCUT2D eigenvalue weighted by Crippen LogP contribution is -2.60. The molecule has 3 aliphatic carbocycles. The van der Waals surface area contributed by atoms with E-state index in [0.29, 0.717) is 12.8 Å². The molecule has 1 heterocycles. The average Bonchev–Trinajstić information content (AvgIpc) is 3.90. The van der Waals surface area contributed by atoms with Crippen molar-refractivity contribution in [3.63, 3.8) is 0 Å². The number of nitrogens with one attached hydrogen (secondary N) is 3. The molecule has 4 fully saturated rings. The number of carbonyl (C=O) groups excluding carboxylic acids is 4. The number of benzene rings is 1. The maximum Gasteiger partial charge on any atom is 0.408 e. The molecule has 13 nitrogen and oxygen atoms in total. The fraction of sp³-hybridized carbons (Fsp3) is 0.606. The summed E-state index contributed by atoms with van der Waals surface area (Å²) in [4.78, 5) is 61.5. The third-order valence-electron chi connectivity index (χ3n) is 9.26. The van der Waals surface area contributed by atoms with Gasteiger partial charge in [-0.2, -0.15) is 0 Å². The molecule has 0 spiro atoms. The Balaban J connectivity index is 1.35. The number of alkyl carbamates (subject to hydrolysis) is 1. The Kier molecular flexibility index (Phi) is 9.99. The van der Waals surface area contributed by atoms with Crippen molar-refractivity contribution >= 4 is 40.1 Å². The highest BCUT2D eigenvalue weighted by atomic mass is 32.2. The minimum atomic E-state index is -3.87. The molecule has 4 amide bonds. The molecule has 1 aliphatic heterocycles. The van der Waals surface area contributed by atoms with Gasteiger partial charge >= 0.3 is 6.09 Å². The van der Waals surface area contributed by atoms with Crippen LogP contribution in [0.25, 0.3) is 0 Å². The van der Waals surface area contributed by atoms with Crippen molar-refractivity contribution in [2.75, 3.05) is 6.54 Å². The van der Waals surface area contributed by atoms with Gasteiger partial charge in [-0.1, -0.05) is 62.3 Å². The molecule has 5 atom stereocenters. The minimum Gasteiger partial charge on any atom is -0.446 e. The summed E-state index contributed by atoms with van der Waals surface area (Å²) in [6.07, 6.45) is 6.04. The van der Waals surface area contributed by atoms with E-state index in [1.165, 1.54) is 17.2 Å². The topological polar surface area (TPSA) is 173 Å². The summed E-state index contributed by atoms with van der Waals surface area (Å²) in [6.45, 7) is 9.12. The van der Waals surface area contributed by atoms with E-state index in [0.717, 1.165) is 31.2 Å². The zero-order valence-corrected chi connectivity index (χ0v) is 28.0. The molecule has 47 heavy (non-hydrogen) atoms. The van der Waals surface area contributed by atoms with Crippen molar-refractivity contribution in [1.29, 1.82) is 0 Å². The van der Waals surface area contributed by atoms with E-state index in [9.17, 15) is 27.6 Å². The van der Waals surface area contributed by atoms with Gasteiger partial charge in [0.15, 0.2) is 0 Å². The van der Waals surface area contributed by atoms with E-state index in [4.69, 9.17) is 9.57 Å². The molecule has 0 unspecified atom stereocenters. The van der Waals surface area contributed by atoms with Gasteiger partial charge < -0.3 is 25.1 Å². The summed E-state index contributed by atoms with van der Waals surface area (Å²) in [6, 6.07) is 7.11. The van der Waals surface area contributed by atoms with E-state index in [1.807, 2.05) is 30.3 Å². The maximum atomic E-state index is 14.2. The number of hydrogen-bond acceptors (Lipinski definition) is 9. The third kappa shape index (κ3) is 8.14. The highest BCUT2D eigenvalue weighted by molar-refractivity contribution is 7.91. The first-order valence-electron chi connectivity index (χ1n) is 16.3. The summed E-state index contributed by atoms with van der Waals surface area (Å²) in [5.74, 6) is -2.50. The number of nitrogens with zero attached hydrogens (tertiary/aromatic N) is 2. The fourth-order valence-corrected chi connectivity index (χ4v) is 7.59. The van der Waals surface area contributed by atoms with Crippen LogP contribution >= 0.6 is 0 Å². The van der Waals surface area contributed by atoms with E-state index in [-0.39, 0.29) is 25.5 Å². The lowest BCUT2D eigenvalue weighted by molar-refractivity contribution is -0.143. The average molecular weight is 672 g/mol. The predicted molar refractivity (Wildman–Crippen MR) is 173 cm³/mol. The Morgan fingerprint density at radius 1 is 1.06 bits per heavy atom. The highest BCUT2D eigenvalue weighted by Gasteiger charge is 2.62. The van der Waals surface area contributed by atoms with Gasteiger partial charge in [-0.3, -0.25) is 19.1 Å². The van der Waals surface area contributed by atoms with Crippen LogP contribution in [0.4, 0.5) is 4.79 Å². The van der Waals surface area contributed by atoms with Gasteiger partial charge in [0.05, 0.1) is 18.0 Å². The van der Waals surface area contributed by atoms with Crippen molar-refractivity contribution in [2.45, 2.75) is 107 Å². The number of carbonyl (C=O) groups is 4. The Morgan fingerprint density at radius 3 is 2.34 bits per heavy atom. The second kappa shape index (κ2) is 13.7. The zero-order chi connectivity index (χ0) is 34.0. The van der Waals surface area contributed by atoms with Gasteiger partial charge in [0.1, 0.15) is 29.8 Å². The fourth-order valence-electron chi connectivity index (χ4n) is 6.23. The van der Waals surface area contributed by atoms with Gasteiger partial charge in [-0.25, -0.2) is 13.2 Å². The van der Waals surface area contributed by atoms with Crippen LogP contribution < -0.4 is 15.4 Å². The van der Waals surface area contributed by atoms with Crippen molar-refractivity contribution in [3.05, 3.63) is 48.6 Å². The Labute approximate surface area is 275 Å². The monoisotopic (exact) mass is 671 g/mol. The van der Waals surface area contributed by atoms with Crippen molar-refractivity contribution in [1.82, 2.24) is 20.3 Å². The molecule has 1 aromatic carbocycles. The zero-order valence-electron chi connectivity index (χ0n) is 27.1. The van der Waals surface area contributed by atoms with Gasteiger partial charge in [0.2, 0.25) is 21.8 Å². The number of oxime groups is 1. The molecule has 14 heteroatoms. The van der Waals surface area contributed by atoms with Crippen LogP contribution in [-0.2, 0) is 34.0 Å². The standard InChI is InChI=1S/C33H45N5O8S/c1-5-22-18-33(22,30(41)37-47(43,44)25-15-16-25)36-28(39)26-17-24(46-34-19-21-11-7-6-8-12-21)20-38(26)29(40)27(32(2,3)4)35-31(42)45-23-13-9-10-14-23/h5-8,11-12,19,22-27H,1,9-10,13-18,20H2,2-4H3,(H,35,42)(H,36,39)(H,37,41)/b34-19+/t22-,24-,26+,27-,33+/m1/s1. The molecule has 256 valence electrons. The smallest absolute Gasteiger partial charge is 0.408 e. The molecule has 3 saturated carbocycles. The number of rotatable bonds is 12. The Hall–Kier alpha value is -3.94. The molecule has 4 aliphatic rings. The first-order chi connectivity index (χ1) is 22.2. The largest absolute Gasteiger partial charge is 0.446 e. The minimum absolute atomic E-state index is 0.0187. The Morgan fingerprint density at radius 2 is 1.74 bits per heavy atom. The molecule has 1 aromatic rings. The summed E-state index contributed by atoms with van der Waals surface area (Å²) < 4.78 is 32.9. The van der Waals surface area contributed by atoms with Crippen molar-refractivity contribution < 1.29 is 37.2 Å². The van der Waals surface area contributed by atoms with Gasteiger partial charge in [0, 0.05) is 12.3 Å². The first kappa shape index (κ1) is 34.4. The van der Waals surface area contributed by atoms with Crippen LogP contribution in [0.1, 0.15) is 77.7 Å². The Bertz CT molecular complexity index is 1500. The predicted octanol–water partition coefficient (Wildman–Crippen LogP) is 2.76. The molecule has 0 radical (unpaired) electrons. The van der Waals surface area contributed by atoms with E-state index in [1.54, 1.807) is 20.8 Å². The van der Waals surface area contributed by atoms with Gasteiger partial charge in [-0.15, -0.1) is 6.58 Å². The molecule has 0 bridgehead atoms. The number of amides is 4. The second-order valence-electron chi connectivity index (χ2n) is 14.1. The molecular weight excluding hydrogens is 626 g/mol. The second-order valence-corrected chi connectivity index (χ2v) is 16.0. The number of hydrogen-bond donors (Lipinski definition) is 3. The van der Waals surface area contributed by atoms with Crippen LogP contribution in [0.2, 0.25) is 0 Å². The summed E-state index contributed by atoms with van der Waals surface area (Å²) >= 11 is 0.